The van der Waals surface area contributed by atoms with Crippen LogP contribution in [0.3, 0.4) is 0 Å². The van der Waals surface area contributed by atoms with Crippen molar-refractivity contribution >= 4 is 5.91 Å². The van der Waals surface area contributed by atoms with Crippen LogP contribution in [0.2, 0.25) is 0 Å². The molecule has 2 heterocycles. The van der Waals surface area contributed by atoms with E-state index in [1.807, 2.05) is 18.7 Å². The zero-order chi connectivity index (χ0) is 11.7. The van der Waals surface area contributed by atoms with Crippen LogP contribution in [-0.2, 0) is 17.8 Å². The van der Waals surface area contributed by atoms with E-state index < -0.39 is 0 Å². The quantitative estimate of drug-likeness (QED) is 0.825. The molecular weight excluding hydrogens is 202 g/mol. The standard InChI is InChI=1S/C12H19N3O/c1-4-8(2)12(16)15-6-5-10-11(7-15)14-9(3)13-10/h8H,4-7H2,1-3H3,(H,13,14). The van der Waals surface area contributed by atoms with Gasteiger partial charge in [-0.15, -0.1) is 0 Å². The smallest absolute Gasteiger partial charge is 0.225 e. The number of aromatic nitrogens is 2. The minimum absolute atomic E-state index is 0.130. The highest BCUT2D eigenvalue weighted by Gasteiger charge is 2.25. The van der Waals surface area contributed by atoms with Crippen LogP contribution in [-0.4, -0.2) is 27.3 Å². The van der Waals surface area contributed by atoms with Crippen molar-refractivity contribution in [2.45, 2.75) is 40.2 Å². The molecule has 1 aromatic rings. The van der Waals surface area contributed by atoms with Crippen molar-refractivity contribution in [3.63, 3.8) is 0 Å². The molecule has 1 unspecified atom stereocenters. The van der Waals surface area contributed by atoms with Gasteiger partial charge in [0.15, 0.2) is 0 Å². The van der Waals surface area contributed by atoms with Gasteiger partial charge in [-0.3, -0.25) is 4.79 Å². The van der Waals surface area contributed by atoms with Gasteiger partial charge in [0, 0.05) is 18.9 Å². The monoisotopic (exact) mass is 221 g/mol. The Morgan fingerprint density at radius 2 is 2.38 bits per heavy atom. The molecule has 1 amide bonds. The second kappa shape index (κ2) is 4.28. The number of hydrogen-bond acceptors (Lipinski definition) is 2. The molecule has 0 aliphatic carbocycles. The summed E-state index contributed by atoms with van der Waals surface area (Å²) < 4.78 is 0. The summed E-state index contributed by atoms with van der Waals surface area (Å²) in [4.78, 5) is 21.6. The Balaban J connectivity index is 2.10. The van der Waals surface area contributed by atoms with Gasteiger partial charge in [-0.1, -0.05) is 13.8 Å². The topological polar surface area (TPSA) is 49.0 Å². The van der Waals surface area contributed by atoms with E-state index in [4.69, 9.17) is 0 Å². The average molecular weight is 221 g/mol. The Kier molecular flexibility index (Phi) is 2.99. The van der Waals surface area contributed by atoms with Crippen LogP contribution in [0.5, 0.6) is 0 Å². The number of carbonyl (C=O) groups excluding carboxylic acids is 1. The number of imidazole rings is 1. The second-order valence-electron chi connectivity index (χ2n) is 4.57. The molecule has 1 N–H and O–H groups in total. The zero-order valence-electron chi connectivity index (χ0n) is 10.2. The Hall–Kier alpha value is -1.32. The van der Waals surface area contributed by atoms with E-state index in [1.54, 1.807) is 0 Å². The molecule has 0 aromatic carbocycles. The summed E-state index contributed by atoms with van der Waals surface area (Å²) >= 11 is 0. The molecule has 0 fully saturated rings. The molecule has 2 rings (SSSR count). The number of fused-ring (bicyclic) bond motifs is 1. The number of nitrogens with one attached hydrogen (secondary N) is 1. The fraction of sp³-hybridized carbons (Fsp3) is 0.667. The molecule has 0 saturated carbocycles. The van der Waals surface area contributed by atoms with Gasteiger partial charge in [-0.05, 0) is 13.3 Å². The fourth-order valence-electron chi connectivity index (χ4n) is 2.11. The normalized spacial score (nSPS) is 17.1. The molecule has 0 bridgehead atoms. The second-order valence-corrected chi connectivity index (χ2v) is 4.57. The predicted molar refractivity (Wildman–Crippen MR) is 61.9 cm³/mol. The van der Waals surface area contributed by atoms with Crippen LogP contribution in [0.15, 0.2) is 0 Å². The number of carbonyl (C=O) groups is 1. The number of aromatic amines is 1. The Morgan fingerprint density at radius 3 is 3.06 bits per heavy atom. The molecule has 1 atom stereocenters. The van der Waals surface area contributed by atoms with Crippen LogP contribution in [0, 0.1) is 12.8 Å². The highest BCUT2D eigenvalue weighted by molar-refractivity contribution is 5.78. The number of amides is 1. The molecule has 1 aromatic heterocycles. The van der Waals surface area contributed by atoms with Crippen molar-refractivity contribution in [1.29, 1.82) is 0 Å². The van der Waals surface area contributed by atoms with Gasteiger partial charge in [0.25, 0.3) is 0 Å². The maximum Gasteiger partial charge on any atom is 0.225 e. The minimum atomic E-state index is 0.130. The van der Waals surface area contributed by atoms with Gasteiger partial charge in [-0.25, -0.2) is 4.98 Å². The van der Waals surface area contributed by atoms with Crippen molar-refractivity contribution in [3.8, 4) is 0 Å². The number of rotatable bonds is 2. The van der Waals surface area contributed by atoms with Gasteiger partial charge < -0.3 is 9.88 Å². The third-order valence-corrected chi connectivity index (χ3v) is 3.30. The number of aryl methyl sites for hydroxylation is 1. The van der Waals surface area contributed by atoms with E-state index in [2.05, 4.69) is 16.9 Å². The highest BCUT2D eigenvalue weighted by Crippen LogP contribution is 2.19. The first-order chi connectivity index (χ1) is 7.61. The van der Waals surface area contributed by atoms with Crippen LogP contribution in [0.1, 0.15) is 37.5 Å². The first kappa shape index (κ1) is 11.2. The first-order valence-electron chi connectivity index (χ1n) is 5.95. The van der Waals surface area contributed by atoms with Crippen molar-refractivity contribution in [2.24, 2.45) is 5.92 Å². The Bertz CT molecular complexity index is 397. The van der Waals surface area contributed by atoms with Crippen molar-refractivity contribution in [3.05, 3.63) is 17.2 Å². The van der Waals surface area contributed by atoms with E-state index in [9.17, 15) is 4.79 Å². The fourth-order valence-corrected chi connectivity index (χ4v) is 2.11. The molecule has 0 radical (unpaired) electrons. The summed E-state index contributed by atoms with van der Waals surface area (Å²) in [5, 5.41) is 0. The van der Waals surface area contributed by atoms with Gasteiger partial charge in [-0.2, -0.15) is 0 Å². The zero-order valence-corrected chi connectivity index (χ0v) is 10.2. The summed E-state index contributed by atoms with van der Waals surface area (Å²) in [6.07, 6.45) is 1.78. The van der Waals surface area contributed by atoms with Crippen molar-refractivity contribution in [2.75, 3.05) is 6.54 Å². The minimum Gasteiger partial charge on any atom is -0.344 e. The van der Waals surface area contributed by atoms with Gasteiger partial charge in [0.05, 0.1) is 17.9 Å². The molecule has 16 heavy (non-hydrogen) atoms. The molecule has 0 saturated heterocycles. The third kappa shape index (κ3) is 1.96. The van der Waals surface area contributed by atoms with Crippen LogP contribution >= 0.6 is 0 Å². The van der Waals surface area contributed by atoms with Gasteiger partial charge >= 0.3 is 0 Å². The first-order valence-corrected chi connectivity index (χ1v) is 5.95. The predicted octanol–water partition coefficient (Wildman–Crippen LogP) is 1.65. The van der Waals surface area contributed by atoms with Crippen molar-refractivity contribution in [1.82, 2.24) is 14.9 Å². The lowest BCUT2D eigenvalue weighted by atomic mass is 10.1. The summed E-state index contributed by atoms with van der Waals surface area (Å²) in [5.41, 5.74) is 2.24. The number of hydrogen-bond donors (Lipinski definition) is 1. The molecular formula is C12H19N3O. The van der Waals surface area contributed by atoms with Gasteiger partial charge in [0.1, 0.15) is 5.82 Å². The van der Waals surface area contributed by atoms with Crippen molar-refractivity contribution < 1.29 is 4.79 Å². The molecule has 0 spiro atoms. The Labute approximate surface area is 96.1 Å². The lowest BCUT2D eigenvalue weighted by Crippen LogP contribution is -2.39. The SMILES string of the molecule is CCC(C)C(=O)N1CCc2nc(C)[nH]c2C1. The lowest BCUT2D eigenvalue weighted by Gasteiger charge is -2.28. The summed E-state index contributed by atoms with van der Waals surface area (Å²) in [7, 11) is 0. The number of H-pyrrole nitrogens is 1. The third-order valence-electron chi connectivity index (χ3n) is 3.30. The lowest BCUT2D eigenvalue weighted by molar-refractivity contribution is -0.136. The van der Waals surface area contributed by atoms with E-state index in [0.29, 0.717) is 6.54 Å². The largest absolute Gasteiger partial charge is 0.344 e. The summed E-state index contributed by atoms with van der Waals surface area (Å²) in [6.45, 7) is 7.51. The maximum absolute atomic E-state index is 12.0. The number of nitrogens with zero attached hydrogens (tertiary/aromatic N) is 2. The molecule has 1 aliphatic heterocycles. The van der Waals surface area contributed by atoms with E-state index in [1.165, 1.54) is 0 Å². The maximum atomic E-state index is 12.0. The molecule has 4 heteroatoms. The molecule has 4 nitrogen and oxygen atoms in total. The summed E-state index contributed by atoms with van der Waals surface area (Å²) in [6, 6.07) is 0. The van der Waals surface area contributed by atoms with Crippen LogP contribution in [0.4, 0.5) is 0 Å². The van der Waals surface area contributed by atoms with Gasteiger partial charge in [0.2, 0.25) is 5.91 Å². The van der Waals surface area contributed by atoms with E-state index in [0.717, 1.165) is 36.6 Å². The average Bonchev–Trinajstić information content (AvgIpc) is 2.65. The van der Waals surface area contributed by atoms with E-state index >= 15 is 0 Å². The van der Waals surface area contributed by atoms with Crippen LogP contribution in [0.25, 0.3) is 0 Å². The molecule has 1 aliphatic rings. The molecule has 88 valence electrons. The van der Waals surface area contributed by atoms with E-state index in [-0.39, 0.29) is 11.8 Å². The Morgan fingerprint density at radius 1 is 1.62 bits per heavy atom. The highest BCUT2D eigenvalue weighted by atomic mass is 16.2. The van der Waals surface area contributed by atoms with Crippen LogP contribution < -0.4 is 0 Å². The summed E-state index contributed by atoms with van der Waals surface area (Å²) in [5.74, 6) is 1.34.